The van der Waals surface area contributed by atoms with Gasteiger partial charge in [0.1, 0.15) is 0 Å². The van der Waals surface area contributed by atoms with E-state index in [-0.39, 0.29) is 15.7 Å². The Morgan fingerprint density at radius 2 is 1.71 bits per heavy atom. The van der Waals surface area contributed by atoms with Gasteiger partial charge < -0.3 is 0 Å². The van der Waals surface area contributed by atoms with Gasteiger partial charge in [0, 0.05) is 10.7 Å². The van der Waals surface area contributed by atoms with E-state index in [0.29, 0.717) is 15.6 Å². The van der Waals surface area contributed by atoms with E-state index in [1.807, 2.05) is 19.1 Å². The third kappa shape index (κ3) is 3.56. The zero-order valence-corrected chi connectivity index (χ0v) is 14.9. The van der Waals surface area contributed by atoms with E-state index >= 15 is 0 Å². The average molecular weight is 390 g/mol. The summed E-state index contributed by atoms with van der Waals surface area (Å²) in [6, 6.07) is 5.25. The number of hydrogen-bond acceptors (Lipinski definition) is 3. The molecule has 0 aliphatic rings. The van der Waals surface area contributed by atoms with Crippen LogP contribution >= 0.6 is 27.5 Å². The van der Waals surface area contributed by atoms with E-state index in [9.17, 15) is 8.42 Å². The Morgan fingerprint density at radius 1 is 1.14 bits per heavy atom. The number of anilines is 1. The predicted molar refractivity (Wildman–Crippen MR) is 88.4 cm³/mol. The molecule has 0 atom stereocenters. The summed E-state index contributed by atoms with van der Waals surface area (Å²) in [5.74, 6) is 0. The molecule has 0 fully saturated rings. The summed E-state index contributed by atoms with van der Waals surface area (Å²) in [6.07, 6.45) is 1.50. The summed E-state index contributed by atoms with van der Waals surface area (Å²) in [5.41, 5.74) is 2.65. The Kier molecular flexibility index (Phi) is 4.60. The van der Waals surface area contributed by atoms with Gasteiger partial charge >= 0.3 is 0 Å². The van der Waals surface area contributed by atoms with Crippen LogP contribution in [-0.2, 0) is 10.0 Å². The van der Waals surface area contributed by atoms with Gasteiger partial charge in [-0.05, 0) is 53.9 Å². The van der Waals surface area contributed by atoms with E-state index < -0.39 is 10.0 Å². The number of halogens is 2. The predicted octanol–water partition coefficient (Wildman–Crippen LogP) is 4.22. The third-order valence-electron chi connectivity index (χ3n) is 2.92. The fourth-order valence-electron chi connectivity index (χ4n) is 2.28. The van der Waals surface area contributed by atoms with Crippen LogP contribution in [0.4, 0.5) is 5.69 Å². The summed E-state index contributed by atoms with van der Waals surface area (Å²) < 4.78 is 28.3. The molecule has 0 spiro atoms. The van der Waals surface area contributed by atoms with Crippen molar-refractivity contribution in [3.63, 3.8) is 0 Å². The molecule has 112 valence electrons. The summed E-state index contributed by atoms with van der Waals surface area (Å²) in [5, 5.41) is 0.101. The molecule has 1 heterocycles. The Morgan fingerprint density at radius 3 is 2.29 bits per heavy atom. The smallest absolute Gasteiger partial charge is 0.262 e. The number of aryl methyl sites for hydroxylation is 3. The first-order chi connectivity index (χ1) is 9.70. The first-order valence-corrected chi connectivity index (χ1v) is 8.78. The zero-order chi connectivity index (χ0) is 15.8. The van der Waals surface area contributed by atoms with Crippen molar-refractivity contribution < 1.29 is 8.42 Å². The van der Waals surface area contributed by atoms with E-state index in [1.54, 1.807) is 19.9 Å². The second kappa shape index (κ2) is 5.94. The van der Waals surface area contributed by atoms with Crippen molar-refractivity contribution in [1.29, 1.82) is 0 Å². The van der Waals surface area contributed by atoms with Gasteiger partial charge in [0.25, 0.3) is 10.0 Å². The van der Waals surface area contributed by atoms with Gasteiger partial charge in [0.15, 0.2) is 5.15 Å². The van der Waals surface area contributed by atoms with Crippen LogP contribution in [0.5, 0.6) is 0 Å². The van der Waals surface area contributed by atoms with Crippen LogP contribution < -0.4 is 4.72 Å². The molecule has 7 heteroatoms. The maximum atomic E-state index is 12.6. The number of nitrogens with one attached hydrogen (secondary N) is 1. The molecule has 1 N–H and O–H groups in total. The molecule has 2 aromatic rings. The van der Waals surface area contributed by atoms with Crippen molar-refractivity contribution in [2.24, 2.45) is 0 Å². The van der Waals surface area contributed by atoms with Crippen molar-refractivity contribution in [2.45, 2.75) is 25.7 Å². The number of aromatic nitrogens is 1. The topological polar surface area (TPSA) is 59.1 Å². The first kappa shape index (κ1) is 16.3. The van der Waals surface area contributed by atoms with Crippen molar-refractivity contribution in [1.82, 2.24) is 4.98 Å². The number of nitrogens with zero attached hydrogens (tertiary/aromatic N) is 1. The lowest BCUT2D eigenvalue weighted by atomic mass is 10.1. The minimum Gasteiger partial charge on any atom is -0.276 e. The third-order valence-corrected chi connectivity index (χ3v) is 5.33. The molecule has 1 aromatic heterocycles. The number of pyridine rings is 1. The van der Waals surface area contributed by atoms with Gasteiger partial charge in [-0.2, -0.15) is 0 Å². The lowest BCUT2D eigenvalue weighted by molar-refractivity contribution is 0.600. The van der Waals surface area contributed by atoms with Crippen LogP contribution in [0, 0.1) is 20.8 Å². The minimum atomic E-state index is -3.73. The fraction of sp³-hybridized carbons (Fsp3) is 0.214. The molecule has 0 unspecified atom stereocenters. The van der Waals surface area contributed by atoms with Crippen molar-refractivity contribution in [2.75, 3.05) is 4.72 Å². The van der Waals surface area contributed by atoms with Crippen molar-refractivity contribution >= 4 is 43.2 Å². The molecule has 0 amide bonds. The quantitative estimate of drug-likeness (QED) is 0.799. The second-order valence-corrected chi connectivity index (χ2v) is 7.72. The number of benzene rings is 1. The Bertz CT molecular complexity index is 784. The van der Waals surface area contributed by atoms with E-state index in [2.05, 4.69) is 25.6 Å². The zero-order valence-electron chi connectivity index (χ0n) is 11.7. The lowest BCUT2D eigenvalue weighted by Crippen LogP contribution is -2.16. The minimum absolute atomic E-state index is 0.101. The maximum Gasteiger partial charge on any atom is 0.262 e. The summed E-state index contributed by atoms with van der Waals surface area (Å²) in [6.45, 7) is 5.48. The highest BCUT2D eigenvalue weighted by molar-refractivity contribution is 9.10. The maximum absolute atomic E-state index is 12.6. The van der Waals surface area contributed by atoms with Gasteiger partial charge in [-0.1, -0.05) is 29.3 Å². The highest BCUT2D eigenvalue weighted by atomic mass is 79.9. The molecule has 0 aliphatic carbocycles. The second-order valence-electron chi connectivity index (χ2n) is 4.83. The molecule has 21 heavy (non-hydrogen) atoms. The largest absolute Gasteiger partial charge is 0.276 e. The van der Waals surface area contributed by atoms with Crippen LogP contribution in [0.3, 0.4) is 0 Å². The van der Waals surface area contributed by atoms with Crippen molar-refractivity contribution in [3.8, 4) is 0 Å². The first-order valence-electron chi connectivity index (χ1n) is 6.12. The molecule has 0 radical (unpaired) electrons. The number of rotatable bonds is 3. The lowest BCUT2D eigenvalue weighted by Gasteiger charge is -2.14. The summed E-state index contributed by atoms with van der Waals surface area (Å²) >= 11 is 9.18. The molecule has 0 aliphatic heterocycles. The van der Waals surface area contributed by atoms with Gasteiger partial charge in [-0.15, -0.1) is 0 Å². The highest BCUT2D eigenvalue weighted by Gasteiger charge is 2.21. The van der Waals surface area contributed by atoms with Crippen LogP contribution in [-0.4, -0.2) is 13.4 Å². The Hall–Kier alpha value is -1.11. The van der Waals surface area contributed by atoms with Gasteiger partial charge in [-0.25, -0.2) is 13.4 Å². The van der Waals surface area contributed by atoms with Crippen LogP contribution in [0.15, 0.2) is 33.8 Å². The molecule has 0 bridgehead atoms. The molecule has 0 saturated heterocycles. The highest BCUT2D eigenvalue weighted by Crippen LogP contribution is 2.28. The molecular formula is C14H14BrClN2O2S. The van der Waals surface area contributed by atoms with Gasteiger partial charge in [0.05, 0.1) is 10.6 Å². The molecule has 2 rings (SSSR count). The van der Waals surface area contributed by atoms with Gasteiger partial charge in [0.2, 0.25) is 0 Å². The molecular weight excluding hydrogens is 376 g/mol. The SMILES string of the molecule is Cc1cc(C)c(S(=O)(=O)Nc2cc(Br)cnc2Cl)c(C)c1. The van der Waals surface area contributed by atoms with Crippen LogP contribution in [0.2, 0.25) is 5.15 Å². The average Bonchev–Trinajstić information content (AvgIpc) is 2.31. The summed E-state index contributed by atoms with van der Waals surface area (Å²) in [4.78, 5) is 4.17. The Labute approximate surface area is 137 Å². The molecule has 0 saturated carbocycles. The molecule has 1 aromatic carbocycles. The number of hydrogen-bond donors (Lipinski definition) is 1. The summed E-state index contributed by atoms with van der Waals surface area (Å²) in [7, 11) is -3.73. The standard InChI is InChI=1S/C14H14BrClN2O2S/c1-8-4-9(2)13(10(3)5-8)21(19,20)18-12-6-11(15)7-17-14(12)16/h4-7,18H,1-3H3. The van der Waals surface area contributed by atoms with Crippen LogP contribution in [0.25, 0.3) is 0 Å². The van der Waals surface area contributed by atoms with Crippen molar-refractivity contribution in [3.05, 3.63) is 50.7 Å². The monoisotopic (exact) mass is 388 g/mol. The van der Waals surface area contributed by atoms with E-state index in [0.717, 1.165) is 5.56 Å². The normalized spacial score (nSPS) is 11.5. The van der Waals surface area contributed by atoms with Gasteiger partial charge in [-0.3, -0.25) is 4.72 Å². The fourth-order valence-corrected chi connectivity index (χ4v) is 4.33. The Balaban J connectivity index is 2.51. The van der Waals surface area contributed by atoms with E-state index in [1.165, 1.54) is 6.20 Å². The molecule has 4 nitrogen and oxygen atoms in total. The van der Waals surface area contributed by atoms with E-state index in [4.69, 9.17) is 11.6 Å². The number of sulfonamides is 1. The van der Waals surface area contributed by atoms with Crippen LogP contribution in [0.1, 0.15) is 16.7 Å².